The van der Waals surface area contributed by atoms with Crippen molar-refractivity contribution in [3.8, 4) is 5.75 Å². The fourth-order valence-electron chi connectivity index (χ4n) is 2.53. The number of aryl methyl sites for hydroxylation is 2. The number of thiazole rings is 1. The molecule has 2 aromatic carbocycles. The monoisotopic (exact) mass is 358 g/mol. The zero-order valence-electron chi connectivity index (χ0n) is 14.1. The van der Waals surface area contributed by atoms with Crippen LogP contribution in [0.25, 0.3) is 10.2 Å². The van der Waals surface area contributed by atoms with Crippen LogP contribution in [0.1, 0.15) is 24.0 Å². The molecule has 0 aliphatic rings. The van der Waals surface area contributed by atoms with E-state index in [0.717, 1.165) is 11.3 Å². The summed E-state index contributed by atoms with van der Waals surface area (Å²) in [6.45, 7) is 4.50. The first kappa shape index (κ1) is 17.4. The number of hydrogen-bond acceptors (Lipinski definition) is 4. The van der Waals surface area contributed by atoms with Crippen LogP contribution in [0.2, 0.25) is 0 Å². The number of nitrogens with zero attached hydrogens (tertiary/aromatic N) is 1. The van der Waals surface area contributed by atoms with Crippen molar-refractivity contribution in [1.82, 2.24) is 4.98 Å². The molecule has 130 valence electrons. The summed E-state index contributed by atoms with van der Waals surface area (Å²) in [5, 5.41) is 3.14. The Hall–Kier alpha value is -2.47. The summed E-state index contributed by atoms with van der Waals surface area (Å²) in [6, 6.07) is 10.8. The van der Waals surface area contributed by atoms with Gasteiger partial charge in [-0.25, -0.2) is 9.37 Å². The smallest absolute Gasteiger partial charge is 0.226 e. The highest BCUT2D eigenvalue weighted by Gasteiger charge is 2.10. The molecule has 0 radical (unpaired) electrons. The lowest BCUT2D eigenvalue weighted by atomic mass is 10.1. The van der Waals surface area contributed by atoms with Crippen molar-refractivity contribution >= 4 is 32.6 Å². The number of ether oxygens (including phenoxy) is 1. The van der Waals surface area contributed by atoms with Crippen molar-refractivity contribution < 1.29 is 13.9 Å². The Labute approximate surface area is 149 Å². The van der Waals surface area contributed by atoms with Gasteiger partial charge in [-0.2, -0.15) is 0 Å². The zero-order valence-corrected chi connectivity index (χ0v) is 15.0. The quantitative estimate of drug-likeness (QED) is 0.641. The number of halogens is 1. The predicted octanol–water partition coefficient (Wildman–Crippen LogP) is 4.85. The Morgan fingerprint density at radius 2 is 2.12 bits per heavy atom. The third-order valence-electron chi connectivity index (χ3n) is 3.75. The number of carbonyl (C=O) groups is 1. The summed E-state index contributed by atoms with van der Waals surface area (Å²) in [5.74, 6) is 0.312. The van der Waals surface area contributed by atoms with E-state index in [1.54, 1.807) is 12.1 Å². The fourth-order valence-corrected chi connectivity index (χ4v) is 3.42. The highest BCUT2D eigenvalue weighted by molar-refractivity contribution is 7.22. The number of benzene rings is 2. The predicted molar refractivity (Wildman–Crippen MR) is 98.9 cm³/mol. The highest BCUT2D eigenvalue weighted by Crippen LogP contribution is 2.27. The second-order valence-corrected chi connectivity index (χ2v) is 6.91. The molecule has 1 N–H and O–H groups in total. The van der Waals surface area contributed by atoms with Crippen molar-refractivity contribution in [2.45, 2.75) is 26.7 Å². The minimum atomic E-state index is -0.379. The lowest BCUT2D eigenvalue weighted by Gasteiger charge is -2.09. The molecular formula is C19H19FN2O2S. The maximum Gasteiger partial charge on any atom is 0.226 e. The number of aromatic nitrogens is 1. The van der Waals surface area contributed by atoms with Crippen LogP contribution in [0.4, 0.5) is 9.52 Å². The van der Waals surface area contributed by atoms with Gasteiger partial charge in [0.2, 0.25) is 5.91 Å². The average Bonchev–Trinajstić information content (AvgIpc) is 2.97. The van der Waals surface area contributed by atoms with Gasteiger partial charge in [-0.15, -0.1) is 0 Å². The third kappa shape index (κ3) is 4.33. The Balaban J connectivity index is 1.48. The number of fused-ring (bicyclic) bond motifs is 1. The van der Waals surface area contributed by atoms with Gasteiger partial charge in [0.15, 0.2) is 5.13 Å². The van der Waals surface area contributed by atoms with Gasteiger partial charge in [-0.3, -0.25) is 4.79 Å². The summed E-state index contributed by atoms with van der Waals surface area (Å²) >= 11 is 1.26. The van der Waals surface area contributed by atoms with Gasteiger partial charge in [0, 0.05) is 6.42 Å². The number of amides is 1. The van der Waals surface area contributed by atoms with Crippen LogP contribution >= 0.6 is 11.3 Å². The van der Waals surface area contributed by atoms with Crippen molar-refractivity contribution in [3.05, 3.63) is 53.3 Å². The van der Waals surface area contributed by atoms with Gasteiger partial charge in [0.25, 0.3) is 0 Å². The second kappa shape index (κ2) is 7.61. The van der Waals surface area contributed by atoms with Crippen LogP contribution in [0.3, 0.4) is 0 Å². The van der Waals surface area contributed by atoms with Crippen LogP contribution in [0, 0.1) is 19.7 Å². The van der Waals surface area contributed by atoms with Gasteiger partial charge in [-0.1, -0.05) is 35.1 Å². The molecule has 3 rings (SSSR count). The Kier molecular flexibility index (Phi) is 5.28. The fraction of sp³-hybridized carbons (Fsp3) is 0.263. The van der Waals surface area contributed by atoms with Gasteiger partial charge in [0.1, 0.15) is 17.1 Å². The molecule has 0 unspecified atom stereocenters. The Morgan fingerprint density at radius 1 is 1.28 bits per heavy atom. The number of rotatable bonds is 6. The Morgan fingerprint density at radius 3 is 2.88 bits per heavy atom. The topological polar surface area (TPSA) is 51.2 Å². The van der Waals surface area contributed by atoms with E-state index in [2.05, 4.69) is 16.4 Å². The van der Waals surface area contributed by atoms with E-state index in [-0.39, 0.29) is 11.7 Å². The molecule has 0 aliphatic heterocycles. The van der Waals surface area contributed by atoms with Crippen LogP contribution in [0.5, 0.6) is 5.75 Å². The first-order valence-corrected chi connectivity index (χ1v) is 8.89. The average molecular weight is 358 g/mol. The molecule has 3 aromatic rings. The zero-order chi connectivity index (χ0) is 17.8. The minimum absolute atomic E-state index is 0.149. The van der Waals surface area contributed by atoms with Gasteiger partial charge in [0.05, 0.1) is 11.3 Å². The second-order valence-electron chi connectivity index (χ2n) is 5.87. The number of hydrogen-bond donors (Lipinski definition) is 1. The van der Waals surface area contributed by atoms with Crippen molar-refractivity contribution in [1.29, 1.82) is 0 Å². The van der Waals surface area contributed by atoms with Gasteiger partial charge >= 0.3 is 0 Å². The van der Waals surface area contributed by atoms with Crippen molar-refractivity contribution in [3.63, 3.8) is 0 Å². The number of nitrogens with one attached hydrogen (secondary N) is 1. The molecule has 0 bridgehead atoms. The molecular weight excluding hydrogens is 339 g/mol. The first-order valence-electron chi connectivity index (χ1n) is 8.08. The van der Waals surface area contributed by atoms with Crippen molar-refractivity contribution in [2.24, 2.45) is 0 Å². The van der Waals surface area contributed by atoms with E-state index in [9.17, 15) is 9.18 Å². The van der Waals surface area contributed by atoms with Crippen LogP contribution in [0.15, 0.2) is 36.4 Å². The molecule has 0 saturated heterocycles. The minimum Gasteiger partial charge on any atom is -0.493 e. The molecule has 0 fully saturated rings. The van der Waals surface area contributed by atoms with Crippen LogP contribution in [-0.2, 0) is 4.79 Å². The molecule has 1 amide bonds. The lowest BCUT2D eigenvalue weighted by molar-refractivity contribution is -0.116. The van der Waals surface area contributed by atoms with E-state index in [0.29, 0.717) is 34.8 Å². The summed E-state index contributed by atoms with van der Waals surface area (Å²) < 4.78 is 20.0. The van der Waals surface area contributed by atoms with Gasteiger partial charge in [-0.05, 0) is 44.0 Å². The normalized spacial score (nSPS) is 10.8. The van der Waals surface area contributed by atoms with Gasteiger partial charge < -0.3 is 10.1 Å². The summed E-state index contributed by atoms with van der Waals surface area (Å²) in [5.41, 5.74) is 2.57. The molecule has 0 spiro atoms. The molecule has 0 aliphatic carbocycles. The summed E-state index contributed by atoms with van der Waals surface area (Å²) in [4.78, 5) is 16.1. The van der Waals surface area contributed by atoms with E-state index in [1.165, 1.54) is 23.0 Å². The van der Waals surface area contributed by atoms with Crippen molar-refractivity contribution in [2.75, 3.05) is 11.9 Å². The largest absolute Gasteiger partial charge is 0.493 e. The standard InChI is InChI=1S/C19H19FN2O2S/c1-12-8-9-15(13(2)11-12)24-10-4-7-17(23)21-19-22-18-14(20)5-3-6-16(18)25-19/h3,5-6,8-9,11H,4,7,10H2,1-2H3,(H,21,22,23). The summed E-state index contributed by atoms with van der Waals surface area (Å²) in [7, 11) is 0. The number of carbonyl (C=O) groups excluding carboxylic acids is 1. The molecule has 0 atom stereocenters. The maximum absolute atomic E-state index is 13.6. The first-order chi connectivity index (χ1) is 12.0. The Bertz CT molecular complexity index is 908. The molecule has 6 heteroatoms. The van der Waals surface area contributed by atoms with E-state index < -0.39 is 0 Å². The van der Waals surface area contributed by atoms with Crippen LogP contribution in [-0.4, -0.2) is 17.5 Å². The van der Waals surface area contributed by atoms with Crippen LogP contribution < -0.4 is 10.1 Å². The number of anilines is 1. The SMILES string of the molecule is Cc1ccc(OCCCC(=O)Nc2nc3c(F)cccc3s2)c(C)c1. The maximum atomic E-state index is 13.6. The summed E-state index contributed by atoms with van der Waals surface area (Å²) in [6.07, 6.45) is 0.918. The van der Waals surface area contributed by atoms with E-state index in [4.69, 9.17) is 4.74 Å². The number of para-hydroxylation sites is 1. The third-order valence-corrected chi connectivity index (χ3v) is 4.69. The molecule has 4 nitrogen and oxygen atoms in total. The molecule has 0 saturated carbocycles. The highest BCUT2D eigenvalue weighted by atomic mass is 32.1. The molecule has 1 aromatic heterocycles. The lowest BCUT2D eigenvalue weighted by Crippen LogP contribution is -2.12. The van der Waals surface area contributed by atoms with E-state index >= 15 is 0 Å². The molecule has 25 heavy (non-hydrogen) atoms. The van der Waals surface area contributed by atoms with E-state index in [1.807, 2.05) is 26.0 Å². The molecule has 1 heterocycles.